The van der Waals surface area contributed by atoms with Crippen LogP contribution in [-0.4, -0.2) is 42.4 Å². The molecular weight excluding hydrogens is 254 g/mol. The second-order valence-corrected chi connectivity index (χ2v) is 6.05. The van der Waals surface area contributed by atoms with E-state index >= 15 is 0 Å². The van der Waals surface area contributed by atoms with Gasteiger partial charge in [-0.1, -0.05) is 12.8 Å². The maximum Gasteiger partial charge on any atom is 0.227 e. The third-order valence-electron chi connectivity index (χ3n) is 4.67. The first-order valence-corrected chi connectivity index (χ1v) is 7.95. The smallest absolute Gasteiger partial charge is 0.227 e. The fraction of sp³-hybridized carbons (Fsp3) is 0.867. The highest BCUT2D eigenvalue weighted by Crippen LogP contribution is 2.27. The predicted molar refractivity (Wildman–Crippen MR) is 77.9 cm³/mol. The van der Waals surface area contributed by atoms with Crippen LogP contribution in [0, 0.1) is 11.8 Å². The SMILES string of the molecule is CCNC(=O)C1CCN(C(=O)C2CCCCC2N)CC1. The highest BCUT2D eigenvalue weighted by molar-refractivity contribution is 5.81. The Balaban J connectivity index is 1.83. The van der Waals surface area contributed by atoms with E-state index in [9.17, 15) is 9.59 Å². The quantitative estimate of drug-likeness (QED) is 0.806. The topological polar surface area (TPSA) is 75.4 Å². The number of hydrogen-bond donors (Lipinski definition) is 2. The number of nitrogens with one attached hydrogen (secondary N) is 1. The van der Waals surface area contributed by atoms with Crippen LogP contribution in [0.1, 0.15) is 45.4 Å². The van der Waals surface area contributed by atoms with Gasteiger partial charge in [-0.3, -0.25) is 9.59 Å². The Morgan fingerprint density at radius 1 is 1.15 bits per heavy atom. The fourth-order valence-corrected chi connectivity index (χ4v) is 3.38. The molecule has 20 heavy (non-hydrogen) atoms. The minimum Gasteiger partial charge on any atom is -0.356 e. The van der Waals surface area contributed by atoms with Gasteiger partial charge in [0, 0.05) is 31.6 Å². The van der Waals surface area contributed by atoms with Crippen molar-refractivity contribution in [3.8, 4) is 0 Å². The Bertz CT molecular complexity index is 351. The lowest BCUT2D eigenvalue weighted by Gasteiger charge is -2.36. The summed E-state index contributed by atoms with van der Waals surface area (Å²) < 4.78 is 0. The standard InChI is InChI=1S/C15H27N3O2/c1-2-17-14(19)11-7-9-18(10-8-11)15(20)12-5-3-4-6-13(12)16/h11-13H,2-10,16H2,1H3,(H,17,19). The molecule has 1 saturated carbocycles. The van der Waals surface area contributed by atoms with Crippen molar-refractivity contribution in [1.82, 2.24) is 10.2 Å². The second-order valence-electron chi connectivity index (χ2n) is 6.05. The van der Waals surface area contributed by atoms with Crippen LogP contribution in [0.15, 0.2) is 0 Å². The Kier molecular flexibility index (Phi) is 5.40. The Hall–Kier alpha value is -1.10. The van der Waals surface area contributed by atoms with Crippen molar-refractivity contribution in [3.63, 3.8) is 0 Å². The molecule has 2 fully saturated rings. The van der Waals surface area contributed by atoms with Gasteiger partial charge in [-0.05, 0) is 32.6 Å². The van der Waals surface area contributed by atoms with Gasteiger partial charge < -0.3 is 16.0 Å². The molecule has 2 rings (SSSR count). The first-order valence-electron chi connectivity index (χ1n) is 7.95. The van der Waals surface area contributed by atoms with Crippen LogP contribution in [-0.2, 0) is 9.59 Å². The van der Waals surface area contributed by atoms with E-state index in [-0.39, 0.29) is 29.7 Å². The molecule has 1 saturated heterocycles. The lowest BCUT2D eigenvalue weighted by molar-refractivity contribution is -0.140. The number of likely N-dealkylation sites (tertiary alicyclic amines) is 1. The molecule has 5 heteroatoms. The van der Waals surface area contributed by atoms with Crippen molar-refractivity contribution in [1.29, 1.82) is 0 Å². The molecule has 2 atom stereocenters. The van der Waals surface area contributed by atoms with Crippen LogP contribution in [0.4, 0.5) is 0 Å². The fourth-order valence-electron chi connectivity index (χ4n) is 3.38. The van der Waals surface area contributed by atoms with Gasteiger partial charge in [0.25, 0.3) is 0 Å². The molecule has 114 valence electrons. The Labute approximate surface area is 121 Å². The van der Waals surface area contributed by atoms with Crippen molar-refractivity contribution in [2.45, 2.75) is 51.5 Å². The second kappa shape index (κ2) is 7.07. The molecule has 0 bridgehead atoms. The lowest BCUT2D eigenvalue weighted by Crippen LogP contribution is -2.49. The zero-order valence-corrected chi connectivity index (χ0v) is 12.4. The number of hydrogen-bond acceptors (Lipinski definition) is 3. The van der Waals surface area contributed by atoms with E-state index in [4.69, 9.17) is 5.73 Å². The molecular formula is C15H27N3O2. The molecule has 0 aromatic rings. The van der Waals surface area contributed by atoms with Gasteiger partial charge in [0.05, 0.1) is 5.92 Å². The summed E-state index contributed by atoms with van der Waals surface area (Å²) in [5, 5.41) is 2.87. The first kappa shape index (κ1) is 15.3. The van der Waals surface area contributed by atoms with E-state index in [0.29, 0.717) is 19.6 Å². The number of nitrogens with two attached hydrogens (primary N) is 1. The van der Waals surface area contributed by atoms with Gasteiger partial charge in [-0.25, -0.2) is 0 Å². The molecule has 2 aliphatic rings. The summed E-state index contributed by atoms with van der Waals surface area (Å²) in [6, 6.07) is 0.0253. The van der Waals surface area contributed by atoms with Gasteiger partial charge in [0.1, 0.15) is 0 Å². The molecule has 2 unspecified atom stereocenters. The molecule has 2 amide bonds. The van der Waals surface area contributed by atoms with E-state index in [0.717, 1.165) is 38.5 Å². The highest BCUT2D eigenvalue weighted by Gasteiger charge is 2.34. The third-order valence-corrected chi connectivity index (χ3v) is 4.67. The number of carbonyl (C=O) groups excluding carboxylic acids is 2. The normalized spacial score (nSPS) is 28.2. The summed E-state index contributed by atoms with van der Waals surface area (Å²) in [5.41, 5.74) is 6.09. The molecule has 1 heterocycles. The van der Waals surface area contributed by atoms with E-state index in [1.165, 1.54) is 0 Å². The number of piperidine rings is 1. The maximum absolute atomic E-state index is 12.5. The molecule has 5 nitrogen and oxygen atoms in total. The van der Waals surface area contributed by atoms with Crippen molar-refractivity contribution >= 4 is 11.8 Å². The van der Waals surface area contributed by atoms with Crippen molar-refractivity contribution in [2.24, 2.45) is 17.6 Å². The summed E-state index contributed by atoms with van der Waals surface area (Å²) in [7, 11) is 0. The van der Waals surface area contributed by atoms with Crippen molar-refractivity contribution in [3.05, 3.63) is 0 Å². The van der Waals surface area contributed by atoms with Crippen LogP contribution >= 0.6 is 0 Å². The summed E-state index contributed by atoms with van der Waals surface area (Å²) in [4.78, 5) is 26.2. The average molecular weight is 281 g/mol. The van der Waals surface area contributed by atoms with Gasteiger partial charge in [0.2, 0.25) is 11.8 Å². The van der Waals surface area contributed by atoms with E-state index in [1.54, 1.807) is 0 Å². The van der Waals surface area contributed by atoms with Gasteiger partial charge in [-0.15, -0.1) is 0 Å². The van der Waals surface area contributed by atoms with Crippen LogP contribution < -0.4 is 11.1 Å². The number of amides is 2. The number of rotatable bonds is 3. The summed E-state index contributed by atoms with van der Waals surface area (Å²) in [5.74, 6) is 0.421. The van der Waals surface area contributed by atoms with Crippen LogP contribution in [0.25, 0.3) is 0 Å². The predicted octanol–water partition coefficient (Wildman–Crippen LogP) is 0.879. The summed E-state index contributed by atoms with van der Waals surface area (Å²) in [6.45, 7) is 4.00. The maximum atomic E-state index is 12.5. The zero-order chi connectivity index (χ0) is 14.5. The summed E-state index contributed by atoms with van der Waals surface area (Å²) >= 11 is 0. The van der Waals surface area contributed by atoms with E-state index < -0.39 is 0 Å². The number of carbonyl (C=O) groups is 2. The molecule has 1 aliphatic carbocycles. The third kappa shape index (κ3) is 3.51. The Morgan fingerprint density at radius 2 is 1.80 bits per heavy atom. The minimum absolute atomic E-state index is 0.00442. The van der Waals surface area contributed by atoms with Crippen molar-refractivity contribution < 1.29 is 9.59 Å². The monoisotopic (exact) mass is 281 g/mol. The first-order chi connectivity index (χ1) is 9.63. The molecule has 1 aliphatic heterocycles. The zero-order valence-electron chi connectivity index (χ0n) is 12.4. The van der Waals surface area contributed by atoms with Gasteiger partial charge in [0.15, 0.2) is 0 Å². The molecule has 3 N–H and O–H groups in total. The largest absolute Gasteiger partial charge is 0.356 e. The molecule has 0 aromatic carbocycles. The van der Waals surface area contributed by atoms with Crippen LogP contribution in [0.2, 0.25) is 0 Å². The lowest BCUT2D eigenvalue weighted by atomic mass is 9.83. The summed E-state index contributed by atoms with van der Waals surface area (Å²) in [6.07, 6.45) is 5.70. The molecule has 0 spiro atoms. The number of nitrogens with zero attached hydrogens (tertiary/aromatic N) is 1. The van der Waals surface area contributed by atoms with Gasteiger partial charge in [-0.2, -0.15) is 0 Å². The van der Waals surface area contributed by atoms with Gasteiger partial charge >= 0.3 is 0 Å². The molecule has 0 radical (unpaired) electrons. The minimum atomic E-state index is 0.00442. The van der Waals surface area contributed by atoms with Crippen molar-refractivity contribution in [2.75, 3.05) is 19.6 Å². The highest BCUT2D eigenvalue weighted by atomic mass is 16.2. The van der Waals surface area contributed by atoms with E-state index in [2.05, 4.69) is 5.32 Å². The molecule has 0 aromatic heterocycles. The Morgan fingerprint density at radius 3 is 2.40 bits per heavy atom. The van der Waals surface area contributed by atoms with Crippen LogP contribution in [0.5, 0.6) is 0 Å². The average Bonchev–Trinajstić information content (AvgIpc) is 2.47. The van der Waals surface area contributed by atoms with E-state index in [1.807, 2.05) is 11.8 Å². The van der Waals surface area contributed by atoms with Crippen LogP contribution in [0.3, 0.4) is 0 Å².